The van der Waals surface area contributed by atoms with Crippen molar-refractivity contribution in [1.29, 1.82) is 0 Å². The highest BCUT2D eigenvalue weighted by Crippen LogP contribution is 2.23. The van der Waals surface area contributed by atoms with Crippen LogP contribution in [0.4, 0.5) is 25.8 Å². The molecular formula is C9H11F2N3O3. The van der Waals surface area contributed by atoms with Gasteiger partial charge in [-0.25, -0.2) is 8.78 Å². The number of aliphatic hydroxyl groups excluding tert-OH is 1. The molecule has 8 heteroatoms. The Balaban J connectivity index is 2.81. The van der Waals surface area contributed by atoms with Crippen LogP contribution in [-0.4, -0.2) is 29.1 Å². The van der Waals surface area contributed by atoms with E-state index in [9.17, 15) is 18.9 Å². The molecule has 0 atom stereocenters. The van der Waals surface area contributed by atoms with Gasteiger partial charge in [0, 0.05) is 23.5 Å². The summed E-state index contributed by atoms with van der Waals surface area (Å²) in [6.45, 7) is -2.13. The van der Waals surface area contributed by atoms with Gasteiger partial charge in [0.05, 0.1) is 11.5 Å². The summed E-state index contributed by atoms with van der Waals surface area (Å²) in [5.74, 6) is -3.29. The number of halogens is 2. The Kier molecular flexibility index (Phi) is 3.79. The molecule has 0 fully saturated rings. The molecule has 0 bridgehead atoms. The van der Waals surface area contributed by atoms with Crippen LogP contribution in [0.5, 0.6) is 0 Å². The Morgan fingerprint density at radius 1 is 1.47 bits per heavy atom. The molecule has 0 radical (unpaired) electrons. The maximum Gasteiger partial charge on any atom is 0.287 e. The van der Waals surface area contributed by atoms with Gasteiger partial charge in [0.15, 0.2) is 0 Å². The highest BCUT2D eigenvalue weighted by molar-refractivity contribution is 5.61. The predicted octanol–water partition coefficient (Wildman–Crippen LogP) is 1.22. The normalized spacial score (nSPS) is 11.2. The van der Waals surface area contributed by atoms with Crippen LogP contribution in [0.2, 0.25) is 0 Å². The lowest BCUT2D eigenvalue weighted by molar-refractivity contribution is -0.384. The molecule has 0 amide bonds. The van der Waals surface area contributed by atoms with E-state index in [2.05, 4.69) is 5.32 Å². The van der Waals surface area contributed by atoms with E-state index in [4.69, 9.17) is 10.8 Å². The Morgan fingerprint density at radius 2 is 2.12 bits per heavy atom. The van der Waals surface area contributed by atoms with Gasteiger partial charge < -0.3 is 16.2 Å². The molecular weight excluding hydrogens is 236 g/mol. The second-order valence-corrected chi connectivity index (χ2v) is 3.44. The van der Waals surface area contributed by atoms with Crippen LogP contribution in [0.25, 0.3) is 0 Å². The second-order valence-electron chi connectivity index (χ2n) is 3.44. The van der Waals surface area contributed by atoms with Crippen molar-refractivity contribution in [3.8, 4) is 0 Å². The lowest BCUT2D eigenvalue weighted by Gasteiger charge is -2.14. The Labute approximate surface area is 95.2 Å². The fourth-order valence-electron chi connectivity index (χ4n) is 1.13. The van der Waals surface area contributed by atoms with Crippen molar-refractivity contribution >= 4 is 17.1 Å². The van der Waals surface area contributed by atoms with E-state index in [1.807, 2.05) is 0 Å². The van der Waals surface area contributed by atoms with Gasteiger partial charge in [-0.1, -0.05) is 0 Å². The van der Waals surface area contributed by atoms with Gasteiger partial charge in [-0.2, -0.15) is 0 Å². The minimum absolute atomic E-state index is 0.0917. The number of alkyl halides is 2. The molecule has 0 aliphatic heterocycles. The number of nitrogens with two attached hydrogens (primary N) is 1. The number of anilines is 2. The zero-order chi connectivity index (χ0) is 13.1. The van der Waals surface area contributed by atoms with E-state index >= 15 is 0 Å². The first-order valence-corrected chi connectivity index (χ1v) is 4.61. The van der Waals surface area contributed by atoms with Crippen LogP contribution in [-0.2, 0) is 0 Å². The van der Waals surface area contributed by atoms with Gasteiger partial charge in [-0.15, -0.1) is 0 Å². The van der Waals surface area contributed by atoms with E-state index in [0.29, 0.717) is 0 Å². The van der Waals surface area contributed by atoms with Gasteiger partial charge in [-0.05, 0) is 6.07 Å². The molecule has 1 aromatic rings. The first kappa shape index (κ1) is 13.1. The van der Waals surface area contributed by atoms with E-state index < -0.39 is 24.0 Å². The number of nitro groups is 1. The number of nitrogens with zero attached hydrogens (tertiary/aromatic N) is 1. The number of hydrogen-bond acceptors (Lipinski definition) is 5. The van der Waals surface area contributed by atoms with E-state index in [0.717, 1.165) is 12.1 Å². The zero-order valence-electron chi connectivity index (χ0n) is 8.69. The van der Waals surface area contributed by atoms with Gasteiger partial charge >= 0.3 is 0 Å². The Morgan fingerprint density at radius 3 is 2.65 bits per heavy atom. The van der Waals surface area contributed by atoms with Crippen molar-refractivity contribution in [3.63, 3.8) is 0 Å². The maximum atomic E-state index is 12.7. The molecule has 0 aliphatic rings. The summed E-state index contributed by atoms with van der Waals surface area (Å²) in [4.78, 5) is 9.82. The fourth-order valence-corrected chi connectivity index (χ4v) is 1.13. The third-order valence-electron chi connectivity index (χ3n) is 1.93. The lowest BCUT2D eigenvalue weighted by Crippen LogP contribution is -2.31. The van der Waals surface area contributed by atoms with Gasteiger partial charge in [0.1, 0.15) is 6.61 Å². The molecule has 94 valence electrons. The first-order valence-electron chi connectivity index (χ1n) is 4.61. The smallest absolute Gasteiger partial charge is 0.287 e. The SMILES string of the molecule is Nc1cc(NCC(F)(F)CO)cc([N+](=O)[O-])c1. The molecule has 4 N–H and O–H groups in total. The minimum Gasteiger partial charge on any atom is -0.398 e. The van der Waals surface area contributed by atoms with E-state index in [-0.39, 0.29) is 17.1 Å². The van der Waals surface area contributed by atoms with Crippen molar-refractivity contribution in [1.82, 2.24) is 0 Å². The van der Waals surface area contributed by atoms with Crippen LogP contribution in [0.3, 0.4) is 0 Å². The van der Waals surface area contributed by atoms with Crippen LogP contribution in [0.15, 0.2) is 18.2 Å². The highest BCUT2D eigenvalue weighted by atomic mass is 19.3. The molecule has 0 saturated heterocycles. The predicted molar refractivity (Wildman–Crippen MR) is 58.0 cm³/mol. The van der Waals surface area contributed by atoms with Crippen LogP contribution >= 0.6 is 0 Å². The summed E-state index contributed by atoms with van der Waals surface area (Å²) < 4.78 is 25.4. The number of hydrogen-bond donors (Lipinski definition) is 3. The monoisotopic (exact) mass is 247 g/mol. The molecule has 0 aliphatic carbocycles. The summed E-state index contributed by atoms with van der Waals surface area (Å²) in [5.41, 5.74) is 5.29. The number of aliphatic hydroxyl groups is 1. The largest absolute Gasteiger partial charge is 0.398 e. The van der Waals surface area contributed by atoms with Crippen LogP contribution in [0, 0.1) is 10.1 Å². The summed E-state index contributed by atoms with van der Waals surface area (Å²) >= 11 is 0. The van der Waals surface area contributed by atoms with E-state index in [1.165, 1.54) is 6.07 Å². The van der Waals surface area contributed by atoms with Crippen molar-refractivity contribution in [2.24, 2.45) is 0 Å². The number of nitrogen functional groups attached to an aromatic ring is 1. The molecule has 0 unspecified atom stereocenters. The third kappa shape index (κ3) is 3.83. The maximum absolute atomic E-state index is 12.7. The molecule has 0 aromatic heterocycles. The summed E-state index contributed by atoms with van der Waals surface area (Å²) in [7, 11) is 0. The zero-order valence-corrected chi connectivity index (χ0v) is 8.69. The van der Waals surface area contributed by atoms with Crippen molar-refractivity contribution in [3.05, 3.63) is 28.3 Å². The lowest BCUT2D eigenvalue weighted by atomic mass is 10.2. The topological polar surface area (TPSA) is 101 Å². The van der Waals surface area contributed by atoms with Gasteiger partial charge in [0.25, 0.3) is 11.6 Å². The molecule has 1 aromatic carbocycles. The second kappa shape index (κ2) is 4.91. The molecule has 17 heavy (non-hydrogen) atoms. The van der Waals surface area contributed by atoms with Crippen molar-refractivity contribution in [2.45, 2.75) is 5.92 Å². The average molecular weight is 247 g/mol. The number of rotatable bonds is 5. The Hall–Kier alpha value is -1.96. The number of non-ortho nitro benzene ring substituents is 1. The minimum atomic E-state index is -3.29. The molecule has 0 heterocycles. The summed E-state index contributed by atoms with van der Waals surface area (Å²) in [5, 5.41) is 21.1. The highest BCUT2D eigenvalue weighted by Gasteiger charge is 2.27. The quantitative estimate of drug-likeness (QED) is 0.412. The average Bonchev–Trinajstić information content (AvgIpc) is 2.26. The number of nitro benzene ring substituents is 1. The van der Waals surface area contributed by atoms with Gasteiger partial charge in [-0.3, -0.25) is 10.1 Å². The van der Waals surface area contributed by atoms with Crippen LogP contribution in [0.1, 0.15) is 0 Å². The van der Waals surface area contributed by atoms with Crippen molar-refractivity contribution in [2.75, 3.05) is 24.2 Å². The summed E-state index contributed by atoms with van der Waals surface area (Å²) in [6, 6.07) is 3.50. The Bertz CT molecular complexity index is 426. The van der Waals surface area contributed by atoms with E-state index in [1.54, 1.807) is 0 Å². The summed E-state index contributed by atoms with van der Waals surface area (Å²) in [6.07, 6.45) is 0. The number of benzene rings is 1. The molecule has 0 spiro atoms. The van der Waals surface area contributed by atoms with Crippen LogP contribution < -0.4 is 11.1 Å². The first-order chi connectivity index (χ1) is 7.84. The van der Waals surface area contributed by atoms with Crippen molar-refractivity contribution < 1.29 is 18.8 Å². The number of nitrogens with one attached hydrogen (secondary N) is 1. The molecule has 6 nitrogen and oxygen atoms in total. The third-order valence-corrected chi connectivity index (χ3v) is 1.93. The van der Waals surface area contributed by atoms with Gasteiger partial charge in [0.2, 0.25) is 0 Å². The molecule has 0 saturated carbocycles. The molecule has 1 rings (SSSR count). The standard InChI is InChI=1S/C9H11F2N3O3/c10-9(11,5-15)4-13-7-1-6(12)2-8(3-7)14(16)17/h1-3,13,15H,4-5,12H2. The fraction of sp³-hybridized carbons (Fsp3) is 0.333.